The van der Waals surface area contributed by atoms with Crippen molar-refractivity contribution < 1.29 is 32.2 Å². The van der Waals surface area contributed by atoms with E-state index in [0.717, 1.165) is 30.4 Å². The summed E-state index contributed by atoms with van der Waals surface area (Å²) in [5.74, 6) is 1.11. The van der Waals surface area contributed by atoms with Gasteiger partial charge in [0.1, 0.15) is 6.04 Å². The lowest BCUT2D eigenvalue weighted by molar-refractivity contribution is -0.132. The van der Waals surface area contributed by atoms with Crippen LogP contribution in [0.15, 0.2) is 29.1 Å². The Morgan fingerprint density at radius 3 is 2.22 bits per heavy atom. The van der Waals surface area contributed by atoms with E-state index in [-0.39, 0.29) is 41.9 Å². The first kappa shape index (κ1) is 38.4. The maximum atomic E-state index is 14.2. The lowest BCUT2D eigenvalue weighted by Gasteiger charge is -2.31. The molecular formula is C37H53N5O8S. The molecule has 2 aliphatic heterocycles. The highest BCUT2D eigenvalue weighted by Crippen LogP contribution is 2.50. The Balaban J connectivity index is 1.49. The molecule has 14 heteroatoms. The van der Waals surface area contributed by atoms with Gasteiger partial charge < -0.3 is 29.7 Å². The number of hydrogen-bond acceptors (Lipinski definition) is 9. The first-order valence-corrected chi connectivity index (χ1v) is 19.4. The van der Waals surface area contributed by atoms with Crippen LogP contribution in [0.3, 0.4) is 0 Å². The molecule has 0 aromatic heterocycles. The molecule has 2 aromatic carbocycles. The third kappa shape index (κ3) is 8.44. The molecule has 2 atom stereocenters. The molecule has 0 spiro atoms. The number of amides is 2. The summed E-state index contributed by atoms with van der Waals surface area (Å²) in [5.41, 5.74) is 2.89. The molecule has 2 unspecified atom stereocenters. The molecule has 51 heavy (non-hydrogen) atoms. The predicted molar refractivity (Wildman–Crippen MR) is 197 cm³/mol. The van der Waals surface area contributed by atoms with E-state index in [9.17, 15) is 22.8 Å². The van der Waals surface area contributed by atoms with Gasteiger partial charge in [0, 0.05) is 51.8 Å². The molecule has 0 saturated carbocycles. The minimum atomic E-state index is -3.59. The van der Waals surface area contributed by atoms with Gasteiger partial charge in [-0.25, -0.2) is 0 Å². The normalized spacial score (nSPS) is 19.2. The quantitative estimate of drug-likeness (QED) is 0.351. The second kappa shape index (κ2) is 16.6. The zero-order valence-electron chi connectivity index (χ0n) is 30.7. The van der Waals surface area contributed by atoms with E-state index < -0.39 is 22.3 Å². The SMILES string of the molecule is COc1cc2c(c(OC)c1OC)-c1ccc(NC(CC(C)C)C(=O)N3CCCN(S(=O)(=O)N4CCCCC4)CC3)c(=O)cc1C(NC(C)=O)CC2. The Hall–Kier alpha value is -3.88. The fraction of sp³-hybridized carbons (Fsp3) is 0.595. The van der Waals surface area contributed by atoms with Crippen molar-refractivity contribution in [1.82, 2.24) is 18.8 Å². The summed E-state index contributed by atoms with van der Waals surface area (Å²) in [6.07, 6.45) is 4.84. The van der Waals surface area contributed by atoms with Gasteiger partial charge in [-0.2, -0.15) is 17.0 Å². The van der Waals surface area contributed by atoms with E-state index in [2.05, 4.69) is 10.6 Å². The summed E-state index contributed by atoms with van der Waals surface area (Å²) in [4.78, 5) is 42.3. The molecule has 280 valence electrons. The first-order chi connectivity index (χ1) is 24.4. The zero-order chi connectivity index (χ0) is 36.9. The molecule has 2 heterocycles. The summed E-state index contributed by atoms with van der Waals surface area (Å²) in [7, 11) is 1.05. The second-order valence-corrected chi connectivity index (χ2v) is 15.9. The predicted octanol–water partition coefficient (Wildman–Crippen LogP) is 3.95. The average Bonchev–Trinajstić information content (AvgIpc) is 3.51. The number of hydrogen-bond donors (Lipinski definition) is 2. The van der Waals surface area contributed by atoms with Crippen LogP contribution in [0.4, 0.5) is 5.69 Å². The summed E-state index contributed by atoms with van der Waals surface area (Å²) in [5, 5.41) is 6.31. The van der Waals surface area contributed by atoms with E-state index in [1.165, 1.54) is 24.4 Å². The van der Waals surface area contributed by atoms with Gasteiger partial charge in [-0.05, 0) is 79.3 Å². The number of benzene rings is 1. The molecule has 2 aromatic rings. The number of anilines is 1. The van der Waals surface area contributed by atoms with Crippen molar-refractivity contribution in [3.8, 4) is 28.4 Å². The maximum Gasteiger partial charge on any atom is 0.282 e. The number of rotatable bonds is 11. The Morgan fingerprint density at radius 1 is 0.882 bits per heavy atom. The highest BCUT2D eigenvalue weighted by Gasteiger charge is 2.35. The molecule has 5 rings (SSSR count). The van der Waals surface area contributed by atoms with Crippen molar-refractivity contribution in [3.05, 3.63) is 45.6 Å². The van der Waals surface area contributed by atoms with Crippen LogP contribution >= 0.6 is 0 Å². The summed E-state index contributed by atoms with van der Waals surface area (Å²) in [6.45, 7) is 7.81. The molecule has 2 N–H and O–H groups in total. The van der Waals surface area contributed by atoms with Crippen LogP contribution in [0.5, 0.6) is 17.2 Å². The van der Waals surface area contributed by atoms with Gasteiger partial charge >= 0.3 is 0 Å². The van der Waals surface area contributed by atoms with E-state index in [4.69, 9.17) is 14.2 Å². The van der Waals surface area contributed by atoms with Crippen LogP contribution in [0.25, 0.3) is 11.1 Å². The Morgan fingerprint density at radius 2 is 1.57 bits per heavy atom. The van der Waals surface area contributed by atoms with Crippen molar-refractivity contribution in [2.24, 2.45) is 5.92 Å². The topological polar surface area (TPSA) is 147 Å². The highest BCUT2D eigenvalue weighted by molar-refractivity contribution is 7.86. The fourth-order valence-corrected chi connectivity index (χ4v) is 9.25. The largest absolute Gasteiger partial charge is 0.493 e. The van der Waals surface area contributed by atoms with Gasteiger partial charge in [-0.3, -0.25) is 14.4 Å². The zero-order valence-corrected chi connectivity index (χ0v) is 31.6. The average molecular weight is 728 g/mol. The molecule has 2 amide bonds. The molecule has 0 bridgehead atoms. The van der Waals surface area contributed by atoms with E-state index in [1.54, 1.807) is 29.5 Å². The summed E-state index contributed by atoms with van der Waals surface area (Å²) in [6, 6.07) is 5.77. The summed E-state index contributed by atoms with van der Waals surface area (Å²) >= 11 is 0. The van der Waals surface area contributed by atoms with Gasteiger partial charge in [-0.15, -0.1) is 0 Å². The molecule has 0 radical (unpaired) electrons. The summed E-state index contributed by atoms with van der Waals surface area (Å²) < 4.78 is 47.1. The molecule has 3 aliphatic rings. The third-order valence-electron chi connectivity index (χ3n) is 9.99. The number of carbonyl (C=O) groups excluding carboxylic acids is 2. The van der Waals surface area contributed by atoms with E-state index in [0.29, 0.717) is 80.2 Å². The number of piperidine rings is 1. The van der Waals surface area contributed by atoms with Gasteiger partial charge in [-0.1, -0.05) is 26.3 Å². The highest BCUT2D eigenvalue weighted by atomic mass is 32.2. The number of carbonyl (C=O) groups is 2. The van der Waals surface area contributed by atoms with Gasteiger partial charge in [0.25, 0.3) is 10.2 Å². The lowest BCUT2D eigenvalue weighted by atomic mass is 9.95. The maximum absolute atomic E-state index is 14.2. The van der Waals surface area contributed by atoms with Crippen molar-refractivity contribution in [2.75, 3.05) is 65.9 Å². The Labute approximate surface area is 301 Å². The smallest absolute Gasteiger partial charge is 0.282 e. The molecule has 1 aliphatic carbocycles. The molecule has 2 fully saturated rings. The number of nitrogens with one attached hydrogen (secondary N) is 2. The molecule has 2 saturated heterocycles. The molecule has 13 nitrogen and oxygen atoms in total. The van der Waals surface area contributed by atoms with Crippen molar-refractivity contribution in [2.45, 2.75) is 77.8 Å². The van der Waals surface area contributed by atoms with Crippen molar-refractivity contribution >= 4 is 27.7 Å². The van der Waals surface area contributed by atoms with Crippen LogP contribution in [0, 0.1) is 5.92 Å². The minimum absolute atomic E-state index is 0.126. The number of ether oxygens (including phenoxy) is 3. The van der Waals surface area contributed by atoms with Crippen molar-refractivity contribution in [1.29, 1.82) is 0 Å². The number of methoxy groups -OCH3 is 3. The molecular weight excluding hydrogens is 675 g/mol. The van der Waals surface area contributed by atoms with Crippen LogP contribution < -0.4 is 30.3 Å². The van der Waals surface area contributed by atoms with Crippen LogP contribution in [0.2, 0.25) is 0 Å². The van der Waals surface area contributed by atoms with Gasteiger partial charge in [0.15, 0.2) is 11.5 Å². The van der Waals surface area contributed by atoms with Crippen LogP contribution in [-0.2, 0) is 26.2 Å². The Kier molecular flexibility index (Phi) is 12.5. The monoisotopic (exact) mass is 727 g/mol. The Bertz CT molecular complexity index is 1760. The second-order valence-electron chi connectivity index (χ2n) is 14.0. The lowest BCUT2D eigenvalue weighted by Crippen LogP contribution is -2.48. The fourth-order valence-electron chi connectivity index (χ4n) is 7.53. The standard InChI is InChI=1S/C37H53N5O8S/c1-24(2)21-31(37(45)40-15-10-18-42(20-19-40)51(46,47)41-16-8-7-9-17-41)39-30-14-12-27-28(23-32(30)44)29(38-25(3)43)13-11-26-22-33(48-4)35(49-5)36(50-6)34(26)27/h12,14,22-24,29,31H,7-11,13,15-21H2,1-6H3,(H,38,43)(H,39,44). The van der Waals surface area contributed by atoms with Gasteiger partial charge in [0.2, 0.25) is 23.0 Å². The number of fused-ring (bicyclic) bond motifs is 3. The minimum Gasteiger partial charge on any atom is -0.493 e. The number of nitrogens with zero attached hydrogens (tertiary/aromatic N) is 3. The third-order valence-corrected chi connectivity index (χ3v) is 12.0. The van der Waals surface area contributed by atoms with Crippen LogP contribution in [-0.4, -0.2) is 100 Å². The van der Waals surface area contributed by atoms with Gasteiger partial charge in [0.05, 0.1) is 33.1 Å². The van der Waals surface area contributed by atoms with E-state index >= 15 is 0 Å². The number of aryl methyl sites for hydroxylation is 1. The van der Waals surface area contributed by atoms with Crippen LogP contribution in [0.1, 0.15) is 76.5 Å². The van der Waals surface area contributed by atoms with E-state index in [1.807, 2.05) is 26.0 Å². The first-order valence-electron chi connectivity index (χ1n) is 18.0. The van der Waals surface area contributed by atoms with Crippen molar-refractivity contribution in [3.63, 3.8) is 0 Å².